The average Bonchev–Trinajstić information content (AvgIpc) is 3.19. The molecule has 1 saturated heterocycles. The van der Waals surface area contributed by atoms with Gasteiger partial charge in [-0.2, -0.15) is 0 Å². The standard InChI is InChI=1S/C20H24N2O2.C7H9NO/c1-3-8-22-11-12(20(23)24)9-14-13-6-5-7-17-19(13)15(10-18(14)22)16(4-2)21-17;1-9-7-4-2-6(8)3-5-7/h4-7,12,14,18,21H,2-3,8-11H2,1H3,(H,23,24);2-5H,8H2,1H3/t12-,14-,18-;/m1./s1. The number of likely N-dealkylation sites (tertiary alicyclic amines) is 1. The molecule has 0 amide bonds. The number of aromatic amines is 1. The third kappa shape index (κ3) is 4.48. The summed E-state index contributed by atoms with van der Waals surface area (Å²) in [6, 6.07) is 14.0. The highest BCUT2D eigenvalue weighted by molar-refractivity contribution is 5.91. The Hall–Kier alpha value is -3.25. The second-order valence-electron chi connectivity index (χ2n) is 8.91. The van der Waals surface area contributed by atoms with Crippen molar-refractivity contribution in [3.05, 3.63) is 65.9 Å². The highest BCUT2D eigenvalue weighted by atomic mass is 16.5. The van der Waals surface area contributed by atoms with Gasteiger partial charge in [0.05, 0.1) is 13.0 Å². The summed E-state index contributed by atoms with van der Waals surface area (Å²) in [4.78, 5) is 17.6. The van der Waals surface area contributed by atoms with E-state index in [1.807, 2.05) is 18.2 Å². The number of aromatic nitrogens is 1. The summed E-state index contributed by atoms with van der Waals surface area (Å²) in [5.74, 6) is 0.209. The molecule has 0 bridgehead atoms. The smallest absolute Gasteiger partial charge is 0.307 e. The van der Waals surface area contributed by atoms with Crippen LogP contribution >= 0.6 is 0 Å². The minimum atomic E-state index is -0.659. The first kappa shape index (κ1) is 22.9. The van der Waals surface area contributed by atoms with Gasteiger partial charge in [0.25, 0.3) is 0 Å². The molecule has 33 heavy (non-hydrogen) atoms. The maximum Gasteiger partial charge on any atom is 0.307 e. The van der Waals surface area contributed by atoms with E-state index in [-0.39, 0.29) is 5.92 Å². The first-order chi connectivity index (χ1) is 16.0. The fourth-order valence-electron chi connectivity index (χ4n) is 5.41. The molecule has 5 rings (SSSR count). The van der Waals surface area contributed by atoms with Crippen molar-refractivity contribution in [2.24, 2.45) is 5.92 Å². The number of fused-ring (bicyclic) bond motifs is 2. The number of H-pyrrole nitrogens is 1. The van der Waals surface area contributed by atoms with Gasteiger partial charge in [-0.15, -0.1) is 0 Å². The minimum Gasteiger partial charge on any atom is -0.497 e. The van der Waals surface area contributed by atoms with Crippen LogP contribution in [0.3, 0.4) is 0 Å². The maximum atomic E-state index is 11.7. The lowest BCUT2D eigenvalue weighted by Gasteiger charge is -2.46. The summed E-state index contributed by atoms with van der Waals surface area (Å²) in [7, 11) is 1.63. The van der Waals surface area contributed by atoms with Crippen molar-refractivity contribution < 1.29 is 14.6 Å². The van der Waals surface area contributed by atoms with Crippen molar-refractivity contribution in [1.29, 1.82) is 0 Å². The number of rotatable bonds is 5. The summed E-state index contributed by atoms with van der Waals surface area (Å²) < 4.78 is 4.91. The first-order valence-corrected chi connectivity index (χ1v) is 11.6. The number of aliphatic carboxylic acids is 1. The van der Waals surface area contributed by atoms with Gasteiger partial charge in [-0.1, -0.05) is 25.6 Å². The lowest BCUT2D eigenvalue weighted by atomic mass is 9.72. The van der Waals surface area contributed by atoms with Gasteiger partial charge < -0.3 is 20.6 Å². The average molecular weight is 448 g/mol. The molecular formula is C27H33N3O3. The molecule has 3 atom stereocenters. The van der Waals surface area contributed by atoms with Gasteiger partial charge in [0.1, 0.15) is 5.75 Å². The summed E-state index contributed by atoms with van der Waals surface area (Å²) in [5.41, 5.74) is 11.1. The molecule has 6 heteroatoms. The molecule has 1 fully saturated rings. The predicted molar refractivity (Wildman–Crippen MR) is 134 cm³/mol. The molecule has 6 nitrogen and oxygen atoms in total. The number of carbonyl (C=O) groups is 1. The Bertz CT molecular complexity index is 1140. The van der Waals surface area contributed by atoms with E-state index in [1.54, 1.807) is 19.2 Å². The van der Waals surface area contributed by atoms with Crippen LogP contribution in [-0.4, -0.2) is 47.2 Å². The van der Waals surface area contributed by atoms with E-state index in [1.165, 1.54) is 16.5 Å². The quantitative estimate of drug-likeness (QED) is 0.483. The van der Waals surface area contributed by atoms with Gasteiger partial charge in [-0.25, -0.2) is 0 Å². The van der Waals surface area contributed by atoms with E-state index in [4.69, 9.17) is 10.5 Å². The van der Waals surface area contributed by atoms with Crippen molar-refractivity contribution in [3.63, 3.8) is 0 Å². The number of hydrogen-bond acceptors (Lipinski definition) is 4. The van der Waals surface area contributed by atoms with Gasteiger partial charge >= 0.3 is 5.97 Å². The lowest BCUT2D eigenvalue weighted by Crippen LogP contribution is -2.51. The van der Waals surface area contributed by atoms with Crippen LogP contribution in [0.4, 0.5) is 5.69 Å². The van der Waals surface area contributed by atoms with Crippen LogP contribution in [0.15, 0.2) is 49.0 Å². The monoisotopic (exact) mass is 447 g/mol. The second kappa shape index (κ2) is 9.71. The molecule has 0 spiro atoms. The molecule has 2 aliphatic rings. The van der Waals surface area contributed by atoms with E-state index in [2.05, 4.69) is 41.6 Å². The number of nitrogens with two attached hydrogens (primary N) is 1. The van der Waals surface area contributed by atoms with Gasteiger partial charge in [0.2, 0.25) is 0 Å². The maximum absolute atomic E-state index is 11.7. The number of carboxylic acid groups (broad SMARTS) is 1. The van der Waals surface area contributed by atoms with E-state index < -0.39 is 5.97 Å². The summed E-state index contributed by atoms with van der Waals surface area (Å²) in [6.07, 6.45) is 4.68. The zero-order valence-corrected chi connectivity index (χ0v) is 19.4. The first-order valence-electron chi connectivity index (χ1n) is 11.6. The summed E-state index contributed by atoms with van der Waals surface area (Å²) in [5, 5.41) is 10.9. The van der Waals surface area contributed by atoms with Gasteiger partial charge in [-0.05, 0) is 73.3 Å². The third-order valence-electron chi connectivity index (χ3n) is 6.91. The number of hydrogen-bond donors (Lipinski definition) is 3. The molecule has 0 unspecified atom stereocenters. The molecular weight excluding hydrogens is 414 g/mol. The Labute approximate surface area is 195 Å². The van der Waals surface area contributed by atoms with Crippen LogP contribution < -0.4 is 10.5 Å². The fourth-order valence-corrected chi connectivity index (χ4v) is 5.41. The molecule has 1 aliphatic heterocycles. The Kier molecular flexibility index (Phi) is 6.75. The molecule has 4 N–H and O–H groups in total. The number of nitrogens with zero attached hydrogens (tertiary/aromatic N) is 1. The summed E-state index contributed by atoms with van der Waals surface area (Å²) in [6.45, 7) is 7.76. The molecule has 1 aromatic heterocycles. The normalized spacial score (nSPS) is 21.6. The van der Waals surface area contributed by atoms with Crippen molar-refractivity contribution in [2.75, 3.05) is 25.9 Å². The van der Waals surface area contributed by atoms with E-state index >= 15 is 0 Å². The Balaban J connectivity index is 0.000000243. The van der Waals surface area contributed by atoms with E-state index in [9.17, 15) is 9.90 Å². The molecule has 174 valence electrons. The second-order valence-corrected chi connectivity index (χ2v) is 8.91. The molecule has 1 aliphatic carbocycles. The highest BCUT2D eigenvalue weighted by Gasteiger charge is 2.42. The molecule has 3 aromatic rings. The van der Waals surface area contributed by atoms with Gasteiger partial charge in [0.15, 0.2) is 0 Å². The molecule has 0 saturated carbocycles. The van der Waals surface area contributed by atoms with Crippen LogP contribution in [0.25, 0.3) is 17.0 Å². The van der Waals surface area contributed by atoms with Crippen LogP contribution in [0.5, 0.6) is 5.75 Å². The van der Waals surface area contributed by atoms with Gasteiger partial charge in [-0.3, -0.25) is 9.69 Å². The number of ether oxygens (including phenoxy) is 1. The summed E-state index contributed by atoms with van der Waals surface area (Å²) >= 11 is 0. The Morgan fingerprint density at radius 1 is 1.30 bits per heavy atom. The zero-order valence-electron chi connectivity index (χ0n) is 19.4. The lowest BCUT2D eigenvalue weighted by molar-refractivity contribution is -0.144. The van der Waals surface area contributed by atoms with Gasteiger partial charge in [0, 0.05) is 40.8 Å². The van der Waals surface area contributed by atoms with Crippen LogP contribution in [0.2, 0.25) is 0 Å². The van der Waals surface area contributed by atoms with Crippen molar-refractivity contribution in [2.45, 2.75) is 38.1 Å². The minimum absolute atomic E-state index is 0.271. The molecule has 2 heterocycles. The van der Waals surface area contributed by atoms with Crippen LogP contribution in [0.1, 0.15) is 42.5 Å². The van der Waals surface area contributed by atoms with Crippen LogP contribution in [-0.2, 0) is 11.2 Å². The Morgan fingerprint density at radius 3 is 2.70 bits per heavy atom. The van der Waals surface area contributed by atoms with Crippen LogP contribution in [0, 0.1) is 5.92 Å². The number of nitrogen functional groups attached to an aromatic ring is 1. The van der Waals surface area contributed by atoms with E-state index in [0.29, 0.717) is 18.5 Å². The SMILES string of the molecule is C=Cc1[nH]c2cccc3c2c1C[C@@H]1[C@@H]3C[C@@H](C(=O)O)CN1CCC.COc1ccc(N)cc1. The number of methoxy groups -OCH3 is 1. The molecule has 2 aromatic carbocycles. The van der Waals surface area contributed by atoms with Crippen molar-refractivity contribution in [1.82, 2.24) is 9.88 Å². The predicted octanol–water partition coefficient (Wildman–Crippen LogP) is 4.91. The third-order valence-corrected chi connectivity index (χ3v) is 6.91. The number of piperidine rings is 1. The van der Waals surface area contributed by atoms with Crippen molar-refractivity contribution in [3.8, 4) is 5.75 Å². The fraction of sp³-hybridized carbons (Fsp3) is 0.370. The highest BCUT2D eigenvalue weighted by Crippen LogP contribution is 2.46. The molecule has 0 radical (unpaired) electrons. The zero-order chi connectivity index (χ0) is 23.5. The number of anilines is 1. The van der Waals surface area contributed by atoms with Crippen molar-refractivity contribution >= 4 is 28.6 Å². The number of carboxylic acids is 1. The largest absolute Gasteiger partial charge is 0.497 e. The Morgan fingerprint density at radius 2 is 2.06 bits per heavy atom. The number of benzene rings is 2. The van der Waals surface area contributed by atoms with E-state index in [0.717, 1.165) is 48.5 Å². The topological polar surface area (TPSA) is 91.6 Å². The number of nitrogens with one attached hydrogen (secondary N) is 1.